The average Bonchev–Trinajstić information content (AvgIpc) is 2.81. The second-order valence-electron chi connectivity index (χ2n) is 6.82. The third-order valence-corrected chi connectivity index (χ3v) is 6.93. The molecule has 20 heavy (non-hydrogen) atoms. The van der Waals surface area contributed by atoms with Crippen LogP contribution in [0.3, 0.4) is 0 Å². The van der Waals surface area contributed by atoms with E-state index in [0.717, 1.165) is 32.1 Å². The quantitative estimate of drug-likeness (QED) is 0.636. The predicted molar refractivity (Wildman–Crippen MR) is 80.5 cm³/mol. The molecule has 106 valence electrons. The van der Waals surface area contributed by atoms with Gasteiger partial charge in [0.05, 0.1) is 0 Å². The highest BCUT2D eigenvalue weighted by Gasteiger charge is 2.51. The molecule has 0 aromatic heterocycles. The number of alkyl halides is 1. The number of hydrogen-bond donors (Lipinski definition) is 0. The Balaban J connectivity index is 1.67. The van der Waals surface area contributed by atoms with Gasteiger partial charge in [-0.2, -0.15) is 0 Å². The maximum absolute atomic E-state index is 12.0. The second kappa shape index (κ2) is 4.66. The van der Waals surface area contributed by atoms with E-state index in [-0.39, 0.29) is 5.78 Å². The van der Waals surface area contributed by atoms with Crippen molar-refractivity contribution in [3.63, 3.8) is 0 Å². The Morgan fingerprint density at radius 3 is 2.75 bits per heavy atom. The topological polar surface area (TPSA) is 34.1 Å². The van der Waals surface area contributed by atoms with Gasteiger partial charge in [-0.05, 0) is 61.2 Å². The normalized spacial score (nSPS) is 46.5. The number of allylic oxidation sites excluding steroid dienone is 4. The Morgan fingerprint density at radius 1 is 1.05 bits per heavy atom. The zero-order valence-electron chi connectivity index (χ0n) is 11.4. The fraction of sp³-hybridized carbons (Fsp3) is 0.647. The Morgan fingerprint density at radius 2 is 1.90 bits per heavy atom. The molecule has 4 aliphatic rings. The zero-order chi connectivity index (χ0) is 13.9. The van der Waals surface area contributed by atoms with Crippen LogP contribution in [0.4, 0.5) is 0 Å². The standard InChI is InChI=1S/C17H19BrO2/c18-16-8-14-10(11-2-1-9(19)7-15(11)16)3-4-13-12(14)5-6-17(13)20/h1-2,7,10-14,16H,3-6,8H2/t10?,11?,12?,13?,14?,16-/m1/s1. The van der Waals surface area contributed by atoms with E-state index in [1.165, 1.54) is 5.57 Å². The van der Waals surface area contributed by atoms with Crippen molar-refractivity contribution >= 4 is 27.5 Å². The van der Waals surface area contributed by atoms with Crippen molar-refractivity contribution in [1.82, 2.24) is 0 Å². The summed E-state index contributed by atoms with van der Waals surface area (Å²) >= 11 is 3.79. The van der Waals surface area contributed by atoms with Crippen LogP contribution in [0.15, 0.2) is 23.8 Å². The molecule has 4 aliphatic carbocycles. The van der Waals surface area contributed by atoms with E-state index in [9.17, 15) is 9.59 Å². The minimum absolute atomic E-state index is 0.129. The van der Waals surface area contributed by atoms with Crippen LogP contribution in [-0.4, -0.2) is 16.4 Å². The number of halogens is 1. The summed E-state index contributed by atoms with van der Waals surface area (Å²) in [5, 5.41) is 0. The minimum Gasteiger partial charge on any atom is -0.299 e. The summed E-state index contributed by atoms with van der Waals surface area (Å²) in [6.45, 7) is 0. The fourth-order valence-corrected chi connectivity index (χ4v) is 6.07. The van der Waals surface area contributed by atoms with Crippen LogP contribution in [0.25, 0.3) is 0 Å². The molecule has 0 aromatic rings. The highest BCUT2D eigenvalue weighted by molar-refractivity contribution is 9.09. The summed E-state index contributed by atoms with van der Waals surface area (Å²) in [5.74, 6) is 3.31. The molecule has 4 rings (SSSR count). The highest BCUT2D eigenvalue weighted by Crippen LogP contribution is 2.56. The zero-order valence-corrected chi connectivity index (χ0v) is 13.0. The van der Waals surface area contributed by atoms with Gasteiger partial charge in [0.25, 0.3) is 0 Å². The van der Waals surface area contributed by atoms with E-state index in [0.29, 0.717) is 40.2 Å². The molecule has 0 amide bonds. The van der Waals surface area contributed by atoms with E-state index in [1.54, 1.807) is 6.08 Å². The third kappa shape index (κ3) is 1.82. The van der Waals surface area contributed by atoms with Gasteiger partial charge in [-0.3, -0.25) is 9.59 Å². The van der Waals surface area contributed by atoms with Gasteiger partial charge >= 0.3 is 0 Å². The monoisotopic (exact) mass is 334 g/mol. The lowest BCUT2D eigenvalue weighted by atomic mass is 9.57. The van der Waals surface area contributed by atoms with Gasteiger partial charge in [0.1, 0.15) is 5.78 Å². The van der Waals surface area contributed by atoms with Gasteiger partial charge in [0.2, 0.25) is 0 Å². The smallest absolute Gasteiger partial charge is 0.178 e. The van der Waals surface area contributed by atoms with Gasteiger partial charge in [-0.15, -0.1) is 0 Å². The Kier molecular flexibility index (Phi) is 3.03. The number of carbonyl (C=O) groups is 2. The molecule has 0 spiro atoms. The number of ketones is 2. The SMILES string of the molecule is O=C1C=CC2C(=C1)[C@H](Br)CC1C2CCC2C(=O)CCC21. The van der Waals surface area contributed by atoms with Crippen molar-refractivity contribution in [3.8, 4) is 0 Å². The second-order valence-corrected chi connectivity index (χ2v) is 7.92. The average molecular weight is 335 g/mol. The summed E-state index contributed by atoms with van der Waals surface area (Å²) in [6, 6.07) is 0. The van der Waals surface area contributed by atoms with Gasteiger partial charge in [0, 0.05) is 23.1 Å². The molecule has 0 radical (unpaired) electrons. The molecule has 3 saturated carbocycles. The number of carbonyl (C=O) groups excluding carboxylic acids is 2. The maximum atomic E-state index is 12.0. The van der Waals surface area contributed by atoms with Crippen LogP contribution in [0.5, 0.6) is 0 Å². The van der Waals surface area contributed by atoms with E-state index in [1.807, 2.05) is 6.08 Å². The lowest BCUT2D eigenvalue weighted by molar-refractivity contribution is -0.123. The van der Waals surface area contributed by atoms with Gasteiger partial charge in [-0.1, -0.05) is 22.0 Å². The number of hydrogen-bond acceptors (Lipinski definition) is 2. The van der Waals surface area contributed by atoms with E-state index in [4.69, 9.17) is 0 Å². The van der Waals surface area contributed by atoms with Crippen LogP contribution in [-0.2, 0) is 9.59 Å². The summed E-state index contributed by atoms with van der Waals surface area (Å²) < 4.78 is 0. The van der Waals surface area contributed by atoms with E-state index < -0.39 is 0 Å². The molecule has 0 bridgehead atoms. The molecule has 6 atom stereocenters. The van der Waals surface area contributed by atoms with Crippen molar-refractivity contribution in [1.29, 1.82) is 0 Å². The van der Waals surface area contributed by atoms with Crippen LogP contribution in [0.1, 0.15) is 32.1 Å². The van der Waals surface area contributed by atoms with Gasteiger partial charge in [-0.25, -0.2) is 0 Å². The van der Waals surface area contributed by atoms with Crippen LogP contribution in [0.2, 0.25) is 0 Å². The molecule has 3 heteroatoms. The van der Waals surface area contributed by atoms with Crippen molar-refractivity contribution in [2.75, 3.05) is 0 Å². The van der Waals surface area contributed by atoms with Crippen molar-refractivity contribution in [3.05, 3.63) is 23.8 Å². The Bertz CT molecular complexity index is 533. The first-order valence-corrected chi connectivity index (χ1v) is 8.67. The van der Waals surface area contributed by atoms with Crippen molar-refractivity contribution in [2.45, 2.75) is 36.9 Å². The molecule has 5 unspecified atom stereocenters. The van der Waals surface area contributed by atoms with Crippen LogP contribution >= 0.6 is 15.9 Å². The molecular formula is C17H19BrO2. The summed E-state index contributed by atoms with van der Waals surface area (Å²) in [6.07, 6.45) is 10.9. The molecule has 3 fully saturated rings. The van der Waals surface area contributed by atoms with E-state index >= 15 is 0 Å². The Hall–Kier alpha value is -0.700. The molecule has 0 aromatic carbocycles. The first-order valence-electron chi connectivity index (χ1n) is 7.75. The maximum Gasteiger partial charge on any atom is 0.178 e. The van der Waals surface area contributed by atoms with Gasteiger partial charge < -0.3 is 0 Å². The van der Waals surface area contributed by atoms with Crippen molar-refractivity contribution < 1.29 is 9.59 Å². The summed E-state index contributed by atoms with van der Waals surface area (Å²) in [4.78, 5) is 23.9. The minimum atomic E-state index is 0.129. The molecular weight excluding hydrogens is 316 g/mol. The molecule has 0 heterocycles. The fourth-order valence-electron chi connectivity index (χ4n) is 5.20. The lowest BCUT2D eigenvalue weighted by Crippen LogP contribution is -2.44. The highest BCUT2D eigenvalue weighted by atomic mass is 79.9. The van der Waals surface area contributed by atoms with Crippen LogP contribution < -0.4 is 0 Å². The van der Waals surface area contributed by atoms with Crippen molar-refractivity contribution in [2.24, 2.45) is 29.6 Å². The first kappa shape index (κ1) is 13.0. The summed E-state index contributed by atoms with van der Waals surface area (Å²) in [7, 11) is 0. The largest absolute Gasteiger partial charge is 0.299 e. The van der Waals surface area contributed by atoms with E-state index in [2.05, 4.69) is 22.0 Å². The number of rotatable bonds is 0. The number of fused-ring (bicyclic) bond motifs is 5. The number of Topliss-reactive ketones (excluding diaryl/α,β-unsaturated/α-hetero) is 1. The van der Waals surface area contributed by atoms with Crippen LogP contribution in [0, 0.1) is 29.6 Å². The lowest BCUT2D eigenvalue weighted by Gasteiger charge is -2.49. The predicted octanol–water partition coefficient (Wildman–Crippen LogP) is 3.46. The molecule has 0 aliphatic heterocycles. The van der Waals surface area contributed by atoms with Gasteiger partial charge in [0.15, 0.2) is 5.78 Å². The molecule has 2 nitrogen and oxygen atoms in total. The third-order valence-electron chi connectivity index (χ3n) is 6.03. The summed E-state index contributed by atoms with van der Waals surface area (Å²) in [5.41, 5.74) is 1.28. The molecule has 0 saturated heterocycles. The first-order chi connectivity index (χ1) is 9.65. The molecule has 0 N–H and O–H groups in total. The Labute approximate surface area is 127 Å².